The molecule has 1 aliphatic rings. The van der Waals surface area contributed by atoms with Crippen molar-refractivity contribution in [1.29, 1.82) is 0 Å². The van der Waals surface area contributed by atoms with Crippen molar-refractivity contribution in [2.75, 3.05) is 23.1 Å². The number of anilines is 2. The van der Waals surface area contributed by atoms with E-state index in [1.807, 2.05) is 30.0 Å². The summed E-state index contributed by atoms with van der Waals surface area (Å²) in [5.74, 6) is 3.20. The van der Waals surface area contributed by atoms with Crippen LogP contribution < -0.4 is 5.01 Å². The molecular formula is C15H18N2OS. The van der Waals surface area contributed by atoms with E-state index >= 15 is 0 Å². The number of hydrogen-bond donors (Lipinski definition) is 0. The predicted octanol–water partition coefficient (Wildman–Crippen LogP) is 3.77. The summed E-state index contributed by atoms with van der Waals surface area (Å²) in [5, 5.41) is 4.59. The normalized spacial score (nSPS) is 20.4. The van der Waals surface area contributed by atoms with Crippen molar-refractivity contribution in [1.82, 2.24) is 5.01 Å². The zero-order valence-corrected chi connectivity index (χ0v) is 11.8. The third kappa shape index (κ3) is 2.65. The monoisotopic (exact) mass is 274 g/mol. The third-order valence-corrected chi connectivity index (χ3v) is 4.49. The molecule has 0 amide bonds. The van der Waals surface area contributed by atoms with Crippen molar-refractivity contribution in [2.24, 2.45) is 0 Å². The van der Waals surface area contributed by atoms with Crippen molar-refractivity contribution >= 4 is 23.3 Å². The van der Waals surface area contributed by atoms with Crippen LogP contribution in [0.2, 0.25) is 0 Å². The minimum Gasteiger partial charge on any atom is -0.447 e. The first-order chi connectivity index (χ1) is 9.36. The Labute approximate surface area is 118 Å². The fraction of sp³-hybridized carbons (Fsp3) is 0.333. The Kier molecular flexibility index (Phi) is 3.80. The molecule has 0 spiro atoms. The molecule has 0 saturated carbocycles. The molecule has 2 heterocycles. The molecule has 3 nitrogen and oxygen atoms in total. The molecular weight excluding hydrogens is 256 g/mol. The standard InChI is InChI=1S/C15H18N2OS/c1-13-12-19-11-9-16(13)17(15-8-5-10-18-15)14-6-3-2-4-7-14/h2-8,10,13H,9,11-12H2,1H3. The van der Waals surface area contributed by atoms with Gasteiger partial charge in [0.2, 0.25) is 5.88 Å². The van der Waals surface area contributed by atoms with E-state index in [0.29, 0.717) is 6.04 Å². The number of nitrogens with zero attached hydrogens (tertiary/aromatic N) is 2. The summed E-state index contributed by atoms with van der Waals surface area (Å²) in [6.45, 7) is 3.31. The first-order valence-corrected chi connectivity index (χ1v) is 7.75. The van der Waals surface area contributed by atoms with Crippen LogP contribution in [0, 0.1) is 0 Å². The molecule has 1 fully saturated rings. The van der Waals surface area contributed by atoms with Crippen LogP contribution in [-0.4, -0.2) is 29.1 Å². The van der Waals surface area contributed by atoms with Crippen molar-refractivity contribution < 1.29 is 4.42 Å². The molecule has 1 aliphatic heterocycles. The van der Waals surface area contributed by atoms with Gasteiger partial charge in [0.15, 0.2) is 0 Å². The summed E-state index contributed by atoms with van der Waals surface area (Å²) in [6, 6.07) is 14.9. The first kappa shape index (κ1) is 12.6. The molecule has 1 aromatic carbocycles. The maximum Gasteiger partial charge on any atom is 0.214 e. The van der Waals surface area contributed by atoms with Crippen molar-refractivity contribution in [3.8, 4) is 0 Å². The lowest BCUT2D eigenvalue weighted by Crippen LogP contribution is -2.49. The Morgan fingerprint density at radius 1 is 1.21 bits per heavy atom. The molecule has 2 aromatic rings. The summed E-state index contributed by atoms with van der Waals surface area (Å²) in [7, 11) is 0. The van der Waals surface area contributed by atoms with Crippen LogP contribution in [0.5, 0.6) is 0 Å². The average Bonchev–Trinajstić information content (AvgIpc) is 2.96. The number of para-hydroxylation sites is 1. The molecule has 1 saturated heterocycles. The lowest BCUT2D eigenvalue weighted by Gasteiger charge is -2.41. The fourth-order valence-electron chi connectivity index (χ4n) is 2.38. The molecule has 3 rings (SSSR count). The topological polar surface area (TPSA) is 19.6 Å². The van der Waals surface area contributed by atoms with Crippen LogP contribution in [0.1, 0.15) is 6.92 Å². The highest BCUT2D eigenvalue weighted by molar-refractivity contribution is 7.99. The van der Waals surface area contributed by atoms with Crippen LogP contribution in [0.4, 0.5) is 11.6 Å². The first-order valence-electron chi connectivity index (χ1n) is 6.59. The number of hydrogen-bond acceptors (Lipinski definition) is 4. The Bertz CT molecular complexity index is 500. The summed E-state index contributed by atoms with van der Waals surface area (Å²) in [6.07, 6.45) is 1.73. The van der Waals surface area contributed by atoms with E-state index in [-0.39, 0.29) is 0 Å². The maximum atomic E-state index is 5.63. The van der Waals surface area contributed by atoms with Gasteiger partial charge < -0.3 is 4.42 Å². The van der Waals surface area contributed by atoms with Gasteiger partial charge in [-0.3, -0.25) is 0 Å². The zero-order valence-electron chi connectivity index (χ0n) is 11.0. The maximum absolute atomic E-state index is 5.63. The Balaban J connectivity index is 1.97. The van der Waals surface area contributed by atoms with Gasteiger partial charge in [0.05, 0.1) is 12.0 Å². The van der Waals surface area contributed by atoms with E-state index in [1.165, 1.54) is 0 Å². The van der Waals surface area contributed by atoms with Crippen LogP contribution >= 0.6 is 11.8 Å². The highest BCUT2D eigenvalue weighted by atomic mass is 32.2. The molecule has 0 radical (unpaired) electrons. The van der Waals surface area contributed by atoms with Crippen molar-refractivity contribution in [3.63, 3.8) is 0 Å². The Hall–Kier alpha value is -1.39. The van der Waals surface area contributed by atoms with Gasteiger partial charge in [0.1, 0.15) is 0 Å². The molecule has 0 aliphatic carbocycles. The van der Waals surface area contributed by atoms with Crippen LogP contribution in [0.15, 0.2) is 53.1 Å². The van der Waals surface area contributed by atoms with E-state index in [9.17, 15) is 0 Å². The molecule has 1 unspecified atom stereocenters. The molecule has 19 heavy (non-hydrogen) atoms. The SMILES string of the molecule is CC1CSCCN1N(c1ccccc1)c1ccco1. The van der Waals surface area contributed by atoms with Crippen molar-refractivity contribution in [3.05, 3.63) is 48.7 Å². The number of benzene rings is 1. The number of rotatable bonds is 3. The molecule has 1 atom stereocenters. The van der Waals surface area contributed by atoms with E-state index < -0.39 is 0 Å². The average molecular weight is 274 g/mol. The predicted molar refractivity (Wildman–Crippen MR) is 80.8 cm³/mol. The number of hydrazine groups is 1. The fourth-order valence-corrected chi connectivity index (χ4v) is 3.37. The molecule has 1 aromatic heterocycles. The second kappa shape index (κ2) is 5.72. The van der Waals surface area contributed by atoms with Gasteiger partial charge in [0, 0.05) is 30.2 Å². The van der Waals surface area contributed by atoms with Crippen LogP contribution in [0.25, 0.3) is 0 Å². The minimum atomic E-state index is 0.504. The molecule has 0 N–H and O–H groups in total. The number of furan rings is 1. The third-order valence-electron chi connectivity index (χ3n) is 3.31. The summed E-state index contributed by atoms with van der Waals surface area (Å²) >= 11 is 2.02. The van der Waals surface area contributed by atoms with Crippen LogP contribution in [-0.2, 0) is 0 Å². The molecule has 0 bridgehead atoms. The second-order valence-corrected chi connectivity index (χ2v) is 5.84. The van der Waals surface area contributed by atoms with Crippen molar-refractivity contribution in [2.45, 2.75) is 13.0 Å². The van der Waals surface area contributed by atoms with E-state index in [2.05, 4.69) is 41.2 Å². The zero-order chi connectivity index (χ0) is 13.1. The second-order valence-electron chi connectivity index (χ2n) is 4.69. The van der Waals surface area contributed by atoms with Gasteiger partial charge in [-0.05, 0) is 25.1 Å². The lowest BCUT2D eigenvalue weighted by molar-refractivity contribution is 0.224. The van der Waals surface area contributed by atoms with Crippen LogP contribution in [0.3, 0.4) is 0 Å². The highest BCUT2D eigenvalue weighted by Gasteiger charge is 2.27. The van der Waals surface area contributed by atoms with E-state index in [1.54, 1.807) is 6.26 Å². The smallest absolute Gasteiger partial charge is 0.214 e. The van der Waals surface area contributed by atoms with Gasteiger partial charge in [-0.25, -0.2) is 10.0 Å². The van der Waals surface area contributed by atoms with E-state index in [0.717, 1.165) is 29.6 Å². The van der Waals surface area contributed by atoms with Gasteiger partial charge in [-0.15, -0.1) is 0 Å². The number of thioether (sulfide) groups is 1. The Morgan fingerprint density at radius 3 is 2.74 bits per heavy atom. The Morgan fingerprint density at radius 2 is 2.05 bits per heavy atom. The van der Waals surface area contributed by atoms with Gasteiger partial charge in [0.25, 0.3) is 0 Å². The van der Waals surface area contributed by atoms with Gasteiger partial charge in [-0.1, -0.05) is 18.2 Å². The summed E-state index contributed by atoms with van der Waals surface area (Å²) < 4.78 is 5.63. The summed E-state index contributed by atoms with van der Waals surface area (Å²) in [5.41, 5.74) is 1.15. The largest absolute Gasteiger partial charge is 0.447 e. The van der Waals surface area contributed by atoms with E-state index in [4.69, 9.17) is 4.42 Å². The van der Waals surface area contributed by atoms with Gasteiger partial charge >= 0.3 is 0 Å². The minimum absolute atomic E-state index is 0.504. The van der Waals surface area contributed by atoms with Gasteiger partial charge in [-0.2, -0.15) is 11.8 Å². The lowest BCUT2D eigenvalue weighted by atomic mass is 10.3. The summed E-state index contributed by atoms with van der Waals surface area (Å²) in [4.78, 5) is 0. The molecule has 100 valence electrons. The highest BCUT2D eigenvalue weighted by Crippen LogP contribution is 2.31. The molecule has 4 heteroatoms. The quantitative estimate of drug-likeness (QED) is 0.848.